The van der Waals surface area contributed by atoms with Gasteiger partial charge in [0.15, 0.2) is 0 Å². The Hall–Kier alpha value is -2.97. The van der Waals surface area contributed by atoms with Crippen molar-refractivity contribution < 1.29 is 19.1 Å². The van der Waals surface area contributed by atoms with E-state index in [9.17, 15) is 28.8 Å². The molecule has 0 amide bonds. The Morgan fingerprint density at radius 2 is 1.42 bits per heavy atom. The Bertz CT molecular complexity index is 988. The molecule has 0 saturated carbocycles. The van der Waals surface area contributed by atoms with Crippen LogP contribution in [0.15, 0.2) is 25.2 Å². The molecule has 2 rings (SSSR count). The summed E-state index contributed by atoms with van der Waals surface area (Å²) in [6.45, 7) is 0. The molecule has 0 atom stereocenters. The highest BCUT2D eigenvalue weighted by Gasteiger charge is 2.14. The van der Waals surface area contributed by atoms with Crippen molar-refractivity contribution in [3.8, 4) is 0 Å². The smallest absolute Gasteiger partial charge is 0.355 e. The van der Waals surface area contributed by atoms with Crippen molar-refractivity contribution in [2.24, 2.45) is 0 Å². The largest absolute Gasteiger partial charge is 0.464 e. The van der Waals surface area contributed by atoms with Crippen LogP contribution in [-0.2, 0) is 9.47 Å². The molecule has 2 aromatic heterocycles. The number of aromatic amines is 4. The van der Waals surface area contributed by atoms with Gasteiger partial charge >= 0.3 is 23.3 Å². The van der Waals surface area contributed by atoms with E-state index in [1.165, 1.54) is 0 Å². The van der Waals surface area contributed by atoms with Crippen LogP contribution in [0, 0.1) is 3.57 Å². The van der Waals surface area contributed by atoms with Crippen LogP contribution in [0.3, 0.4) is 0 Å². The number of carbonyl (C=O) groups excluding carboxylic acids is 2. The molecule has 0 unspecified atom stereocenters. The molecular weight excluding hydrogens is 467 g/mol. The Morgan fingerprint density at radius 1 is 0.885 bits per heavy atom. The number of nitrogens with one attached hydrogen (secondary N) is 4. The molecule has 0 aromatic carbocycles. The summed E-state index contributed by atoms with van der Waals surface area (Å²) >= 11 is 1.65. The van der Waals surface area contributed by atoms with E-state index in [0.717, 1.165) is 20.3 Å². The van der Waals surface area contributed by atoms with E-state index in [4.69, 9.17) is 0 Å². The van der Waals surface area contributed by atoms with Crippen LogP contribution in [0.4, 0.5) is 0 Å². The summed E-state index contributed by atoms with van der Waals surface area (Å²) in [5, 5.41) is 0. The van der Waals surface area contributed by atoms with E-state index in [1.807, 2.05) is 9.97 Å². The van der Waals surface area contributed by atoms with Crippen molar-refractivity contribution in [2.45, 2.75) is 7.43 Å². The number of H-pyrrole nitrogens is 4. The van der Waals surface area contributed by atoms with Crippen LogP contribution in [0.1, 0.15) is 28.4 Å². The van der Waals surface area contributed by atoms with Crippen molar-refractivity contribution in [1.29, 1.82) is 0 Å². The lowest BCUT2D eigenvalue weighted by Gasteiger charge is -1.99. The van der Waals surface area contributed by atoms with Gasteiger partial charge in [-0.15, -0.1) is 0 Å². The van der Waals surface area contributed by atoms with Crippen LogP contribution < -0.4 is 22.5 Å². The fraction of sp³-hybridized carbons (Fsp3) is 0.231. The average molecular weight is 482 g/mol. The van der Waals surface area contributed by atoms with Crippen LogP contribution in [-0.4, -0.2) is 46.1 Å². The maximum Gasteiger partial charge on any atom is 0.355 e. The number of carbonyl (C=O) groups is 2. The number of esters is 2. The molecule has 0 saturated heterocycles. The molecule has 0 bridgehead atoms. The molecule has 0 spiro atoms. The molecule has 0 fully saturated rings. The van der Waals surface area contributed by atoms with Crippen molar-refractivity contribution >= 4 is 34.5 Å². The SMILES string of the molecule is C.COC(=O)c1[nH]c(=O)[nH]c(=O)c1I.COC(=O)c1cc(=O)[nH]c(=O)[nH]1. The maximum absolute atomic E-state index is 11.0. The van der Waals surface area contributed by atoms with Gasteiger partial charge in [0.05, 0.1) is 14.2 Å². The first-order chi connectivity index (χ1) is 11.7. The Balaban J connectivity index is 0.000000464. The van der Waals surface area contributed by atoms with Gasteiger partial charge in [-0.2, -0.15) is 0 Å². The zero-order valence-corrected chi connectivity index (χ0v) is 14.9. The molecule has 2 heterocycles. The van der Waals surface area contributed by atoms with Crippen molar-refractivity contribution in [1.82, 2.24) is 19.9 Å². The molecule has 13 heteroatoms. The predicted molar refractivity (Wildman–Crippen MR) is 97.5 cm³/mol. The Morgan fingerprint density at radius 3 is 1.92 bits per heavy atom. The first-order valence-corrected chi connectivity index (χ1v) is 7.29. The third-order valence-corrected chi connectivity index (χ3v) is 3.47. The highest BCUT2D eigenvalue weighted by Crippen LogP contribution is 2.02. The lowest BCUT2D eigenvalue weighted by molar-refractivity contribution is 0.0584. The third kappa shape index (κ3) is 6.15. The summed E-state index contributed by atoms with van der Waals surface area (Å²) in [7, 11) is 2.32. The molecule has 0 radical (unpaired) electrons. The van der Waals surface area contributed by atoms with Gasteiger partial charge < -0.3 is 19.4 Å². The first kappa shape index (κ1) is 23.0. The van der Waals surface area contributed by atoms with Gasteiger partial charge in [-0.05, 0) is 22.6 Å². The van der Waals surface area contributed by atoms with Crippen LogP contribution in [0.5, 0.6) is 0 Å². The maximum atomic E-state index is 11.0. The van der Waals surface area contributed by atoms with Crippen molar-refractivity contribution in [2.75, 3.05) is 14.2 Å². The molecule has 4 N–H and O–H groups in total. The molecule has 2 aromatic rings. The van der Waals surface area contributed by atoms with Gasteiger partial charge in [-0.25, -0.2) is 19.2 Å². The number of hydrogen-bond donors (Lipinski definition) is 4. The molecule has 0 aliphatic carbocycles. The highest BCUT2D eigenvalue weighted by molar-refractivity contribution is 14.1. The van der Waals surface area contributed by atoms with Gasteiger partial charge in [0.25, 0.3) is 11.1 Å². The summed E-state index contributed by atoms with van der Waals surface area (Å²) in [6, 6.07) is 0.952. The summed E-state index contributed by atoms with van der Waals surface area (Å²) in [5.41, 5.74) is -3.00. The van der Waals surface area contributed by atoms with E-state index >= 15 is 0 Å². The fourth-order valence-corrected chi connectivity index (χ4v) is 1.89. The second kappa shape index (κ2) is 10.1. The van der Waals surface area contributed by atoms with Crippen LogP contribution >= 0.6 is 22.6 Å². The second-order valence-electron chi connectivity index (χ2n) is 4.08. The summed E-state index contributed by atoms with van der Waals surface area (Å²) in [5.74, 6) is -1.49. The Kier molecular flexibility index (Phi) is 8.96. The lowest BCUT2D eigenvalue weighted by atomic mass is 10.4. The normalized spacial score (nSPS) is 9.19. The summed E-state index contributed by atoms with van der Waals surface area (Å²) in [6.07, 6.45) is 0. The van der Waals surface area contributed by atoms with E-state index in [2.05, 4.69) is 19.4 Å². The number of methoxy groups -OCH3 is 2. The van der Waals surface area contributed by atoms with Gasteiger partial charge in [0.1, 0.15) is 15.0 Å². The number of ether oxygens (including phenoxy) is 2. The average Bonchev–Trinajstić information content (AvgIpc) is 2.56. The van der Waals surface area contributed by atoms with Gasteiger partial charge in [0, 0.05) is 6.07 Å². The summed E-state index contributed by atoms with van der Waals surface area (Å²) in [4.78, 5) is 73.0. The van der Waals surface area contributed by atoms with Crippen LogP contribution in [0.25, 0.3) is 0 Å². The minimum atomic E-state index is -0.752. The number of aromatic nitrogens is 4. The monoisotopic (exact) mass is 482 g/mol. The van der Waals surface area contributed by atoms with Crippen molar-refractivity contribution in [3.63, 3.8) is 0 Å². The molecule has 12 nitrogen and oxygen atoms in total. The highest BCUT2D eigenvalue weighted by atomic mass is 127. The van der Waals surface area contributed by atoms with E-state index < -0.39 is 34.4 Å². The minimum absolute atomic E-state index is 0. The molecule has 0 aliphatic heterocycles. The second-order valence-corrected chi connectivity index (χ2v) is 5.16. The van der Waals surface area contributed by atoms with E-state index in [0.29, 0.717) is 0 Å². The van der Waals surface area contributed by atoms with Crippen molar-refractivity contribution in [3.05, 3.63) is 62.7 Å². The standard InChI is InChI=1S/C6H5IN2O4.C6H6N2O4.CH4/c1-13-5(11)3-2(7)4(10)9-6(12)8-3;1-12-5(10)3-2-4(9)8-6(11)7-3;/h1H3,(H2,8,9,10,12);2H,1H3,(H2,7,8,9,11);1H4. The van der Waals surface area contributed by atoms with Crippen LogP contribution in [0.2, 0.25) is 0 Å². The quantitative estimate of drug-likeness (QED) is 0.308. The molecule has 142 valence electrons. The number of halogens is 1. The zero-order chi connectivity index (χ0) is 19.1. The molecule has 0 aliphatic rings. The first-order valence-electron chi connectivity index (χ1n) is 6.22. The molecular formula is C13H15IN4O8. The minimum Gasteiger partial charge on any atom is -0.464 e. The van der Waals surface area contributed by atoms with E-state index in [-0.39, 0.29) is 22.4 Å². The van der Waals surface area contributed by atoms with E-state index in [1.54, 1.807) is 22.6 Å². The summed E-state index contributed by atoms with van der Waals surface area (Å²) < 4.78 is 8.75. The third-order valence-electron chi connectivity index (χ3n) is 2.44. The lowest BCUT2D eigenvalue weighted by Crippen LogP contribution is -2.29. The predicted octanol–water partition coefficient (Wildman–Crippen LogP) is -1.06. The molecule has 26 heavy (non-hydrogen) atoms. The van der Waals surface area contributed by atoms with Gasteiger partial charge in [-0.3, -0.25) is 19.6 Å². The fourth-order valence-electron chi connectivity index (χ4n) is 1.40. The number of rotatable bonds is 2. The van der Waals surface area contributed by atoms with Gasteiger partial charge in [0.2, 0.25) is 0 Å². The zero-order valence-electron chi connectivity index (χ0n) is 12.7. The Labute approximate surface area is 158 Å². The topological polar surface area (TPSA) is 184 Å². The van der Waals surface area contributed by atoms with Gasteiger partial charge in [-0.1, -0.05) is 7.43 Å². The number of hydrogen-bond acceptors (Lipinski definition) is 8.